The van der Waals surface area contributed by atoms with Crippen molar-refractivity contribution in [2.75, 3.05) is 13.2 Å². The Morgan fingerprint density at radius 1 is 1.12 bits per heavy atom. The van der Waals surface area contributed by atoms with Gasteiger partial charge in [0.05, 0.1) is 25.0 Å². The Balaban J connectivity index is 0.000000487. The monoisotopic (exact) mass is 232 g/mol. The molecule has 1 aliphatic carbocycles. The molecule has 4 N–H and O–H groups in total. The number of aliphatic carboxylic acids is 2. The second-order valence-corrected chi connectivity index (χ2v) is 3.26. The number of carbonyl (C=O) groups is 2. The van der Waals surface area contributed by atoms with Crippen LogP contribution in [-0.4, -0.2) is 45.6 Å². The maximum atomic E-state index is 10.6. The molecule has 0 saturated carbocycles. The van der Waals surface area contributed by atoms with Crippen molar-refractivity contribution in [2.45, 2.75) is 12.8 Å². The molecule has 6 heteroatoms. The van der Waals surface area contributed by atoms with Gasteiger partial charge in [-0.25, -0.2) is 0 Å². The third kappa shape index (κ3) is 4.90. The van der Waals surface area contributed by atoms with E-state index in [9.17, 15) is 9.59 Å². The van der Waals surface area contributed by atoms with Gasteiger partial charge in [0, 0.05) is 0 Å². The van der Waals surface area contributed by atoms with Gasteiger partial charge in [-0.15, -0.1) is 0 Å². The van der Waals surface area contributed by atoms with Gasteiger partial charge in [0.1, 0.15) is 0 Å². The lowest BCUT2D eigenvalue weighted by Gasteiger charge is -2.19. The highest BCUT2D eigenvalue weighted by atomic mass is 16.4. The van der Waals surface area contributed by atoms with Crippen molar-refractivity contribution in [3.05, 3.63) is 12.2 Å². The molecule has 1 rings (SSSR count). The Morgan fingerprint density at radius 3 is 2.00 bits per heavy atom. The van der Waals surface area contributed by atoms with Gasteiger partial charge in [-0.05, 0) is 12.8 Å². The number of hydrogen-bond donors (Lipinski definition) is 4. The van der Waals surface area contributed by atoms with Crippen LogP contribution in [0.15, 0.2) is 12.2 Å². The molecule has 2 unspecified atom stereocenters. The zero-order valence-electron chi connectivity index (χ0n) is 8.74. The number of carboxylic acid groups (broad SMARTS) is 2. The molecule has 16 heavy (non-hydrogen) atoms. The molecular formula is C10H16O6. The maximum Gasteiger partial charge on any atom is 0.311 e. The van der Waals surface area contributed by atoms with E-state index in [1.165, 1.54) is 6.08 Å². The summed E-state index contributed by atoms with van der Waals surface area (Å²) in [6.07, 6.45) is 4.26. The van der Waals surface area contributed by atoms with Crippen molar-refractivity contribution in [1.29, 1.82) is 0 Å². The first-order chi connectivity index (χ1) is 7.54. The molecule has 2 atom stereocenters. The van der Waals surface area contributed by atoms with Gasteiger partial charge in [0.15, 0.2) is 0 Å². The maximum absolute atomic E-state index is 10.6. The average Bonchev–Trinajstić information content (AvgIpc) is 2.29. The van der Waals surface area contributed by atoms with E-state index in [1.54, 1.807) is 6.08 Å². The molecule has 92 valence electrons. The van der Waals surface area contributed by atoms with Crippen LogP contribution in [0.25, 0.3) is 0 Å². The van der Waals surface area contributed by atoms with Gasteiger partial charge in [0.2, 0.25) is 0 Å². The van der Waals surface area contributed by atoms with Crippen molar-refractivity contribution in [3.63, 3.8) is 0 Å². The Kier molecular flexibility index (Phi) is 7.15. The molecule has 1 aliphatic rings. The molecular weight excluding hydrogens is 216 g/mol. The highest BCUT2D eigenvalue weighted by Gasteiger charge is 2.32. The highest BCUT2D eigenvalue weighted by Crippen LogP contribution is 2.24. The Labute approximate surface area is 92.8 Å². The van der Waals surface area contributed by atoms with Gasteiger partial charge in [-0.3, -0.25) is 9.59 Å². The second kappa shape index (κ2) is 7.84. The van der Waals surface area contributed by atoms with Gasteiger partial charge in [-0.1, -0.05) is 12.2 Å². The fraction of sp³-hybridized carbons (Fsp3) is 0.600. The fourth-order valence-corrected chi connectivity index (χ4v) is 1.36. The summed E-state index contributed by atoms with van der Waals surface area (Å²) in [5, 5.41) is 32.6. The first-order valence-corrected chi connectivity index (χ1v) is 4.88. The van der Waals surface area contributed by atoms with Crippen molar-refractivity contribution in [2.24, 2.45) is 11.8 Å². The molecule has 0 amide bonds. The number of rotatable bonds is 3. The van der Waals surface area contributed by atoms with E-state index >= 15 is 0 Å². The average molecular weight is 232 g/mol. The summed E-state index contributed by atoms with van der Waals surface area (Å²) in [7, 11) is 0. The molecule has 0 radical (unpaired) electrons. The molecule has 0 bridgehead atoms. The molecule has 0 aliphatic heterocycles. The van der Waals surface area contributed by atoms with Crippen LogP contribution in [0.5, 0.6) is 0 Å². The quantitative estimate of drug-likeness (QED) is 0.497. The van der Waals surface area contributed by atoms with E-state index in [-0.39, 0.29) is 13.2 Å². The first kappa shape index (κ1) is 14.6. The number of aliphatic hydroxyl groups is 2. The number of aliphatic hydroxyl groups excluding tert-OH is 2. The van der Waals surface area contributed by atoms with E-state index in [4.69, 9.17) is 20.4 Å². The lowest BCUT2D eigenvalue weighted by Crippen LogP contribution is -2.30. The lowest BCUT2D eigenvalue weighted by atomic mass is 9.84. The first-order valence-electron chi connectivity index (χ1n) is 4.88. The summed E-state index contributed by atoms with van der Waals surface area (Å²) < 4.78 is 0. The van der Waals surface area contributed by atoms with E-state index in [0.717, 1.165) is 0 Å². The minimum atomic E-state index is -1.06. The van der Waals surface area contributed by atoms with Gasteiger partial charge < -0.3 is 20.4 Å². The molecule has 0 aromatic rings. The summed E-state index contributed by atoms with van der Waals surface area (Å²) in [4.78, 5) is 21.1. The van der Waals surface area contributed by atoms with Crippen LogP contribution >= 0.6 is 0 Å². The molecule has 0 fully saturated rings. The Bertz CT molecular complexity index is 258. The SMILES string of the molecule is O=C(O)C1C=CCCC1C(=O)O.OCCO. The van der Waals surface area contributed by atoms with Crippen LogP contribution in [-0.2, 0) is 9.59 Å². The van der Waals surface area contributed by atoms with E-state index in [2.05, 4.69) is 0 Å². The molecule has 0 spiro atoms. The van der Waals surface area contributed by atoms with E-state index in [0.29, 0.717) is 12.8 Å². The Morgan fingerprint density at radius 2 is 1.69 bits per heavy atom. The fourth-order valence-electron chi connectivity index (χ4n) is 1.36. The normalized spacial score (nSPS) is 23.1. The summed E-state index contributed by atoms with van der Waals surface area (Å²) >= 11 is 0. The minimum Gasteiger partial charge on any atom is -0.481 e. The zero-order chi connectivity index (χ0) is 12.6. The predicted molar refractivity (Wildman–Crippen MR) is 54.8 cm³/mol. The van der Waals surface area contributed by atoms with Crippen LogP contribution in [0.1, 0.15) is 12.8 Å². The van der Waals surface area contributed by atoms with Gasteiger partial charge in [0.25, 0.3) is 0 Å². The molecule has 0 heterocycles. The van der Waals surface area contributed by atoms with Crippen molar-refractivity contribution < 1.29 is 30.0 Å². The molecule has 0 aromatic carbocycles. The van der Waals surface area contributed by atoms with Crippen LogP contribution in [0, 0.1) is 11.8 Å². The van der Waals surface area contributed by atoms with Crippen molar-refractivity contribution in [3.8, 4) is 0 Å². The summed E-state index contributed by atoms with van der Waals surface area (Å²) in [6.45, 7) is -0.250. The molecule has 6 nitrogen and oxygen atoms in total. The van der Waals surface area contributed by atoms with Gasteiger partial charge in [-0.2, -0.15) is 0 Å². The van der Waals surface area contributed by atoms with E-state index in [1.807, 2.05) is 0 Å². The molecule has 0 aromatic heterocycles. The van der Waals surface area contributed by atoms with Crippen molar-refractivity contribution in [1.82, 2.24) is 0 Å². The van der Waals surface area contributed by atoms with Crippen molar-refractivity contribution >= 4 is 11.9 Å². The third-order valence-electron chi connectivity index (χ3n) is 2.12. The van der Waals surface area contributed by atoms with Crippen LogP contribution < -0.4 is 0 Å². The smallest absolute Gasteiger partial charge is 0.311 e. The van der Waals surface area contributed by atoms with Crippen LogP contribution in [0.3, 0.4) is 0 Å². The standard InChI is InChI=1S/C8H10O4.C2H6O2/c9-7(10)5-3-1-2-4-6(5)8(11)12;3-1-2-4/h1,3,5-6H,2,4H2,(H,9,10)(H,11,12);3-4H,1-2H2. The minimum absolute atomic E-state index is 0.125. The summed E-state index contributed by atoms with van der Waals surface area (Å²) in [6, 6.07) is 0. The predicted octanol–water partition coefficient (Wildman–Crippen LogP) is -0.291. The van der Waals surface area contributed by atoms with Gasteiger partial charge >= 0.3 is 11.9 Å². The third-order valence-corrected chi connectivity index (χ3v) is 2.12. The second-order valence-electron chi connectivity index (χ2n) is 3.26. The van der Waals surface area contributed by atoms with Crippen LogP contribution in [0.2, 0.25) is 0 Å². The zero-order valence-corrected chi connectivity index (χ0v) is 8.74. The lowest BCUT2D eigenvalue weighted by molar-refractivity contribution is -0.152. The highest BCUT2D eigenvalue weighted by molar-refractivity contribution is 5.81. The number of carboxylic acids is 2. The van der Waals surface area contributed by atoms with E-state index < -0.39 is 23.8 Å². The Hall–Kier alpha value is -1.40. The summed E-state index contributed by atoms with van der Waals surface area (Å²) in [5.41, 5.74) is 0. The molecule has 0 saturated heterocycles. The number of hydrogen-bond acceptors (Lipinski definition) is 4. The largest absolute Gasteiger partial charge is 0.481 e. The summed E-state index contributed by atoms with van der Waals surface area (Å²) in [5.74, 6) is -3.69. The van der Waals surface area contributed by atoms with Crippen LogP contribution in [0.4, 0.5) is 0 Å². The number of allylic oxidation sites excluding steroid dienone is 1. The topological polar surface area (TPSA) is 115 Å².